The van der Waals surface area contributed by atoms with Gasteiger partial charge in [0.1, 0.15) is 12.0 Å². The molecule has 0 spiro atoms. The fraction of sp³-hybridized carbons (Fsp3) is 0.243. The second-order valence-corrected chi connectivity index (χ2v) is 21.6. The van der Waals surface area contributed by atoms with E-state index in [0.717, 1.165) is 11.1 Å². The smallest absolute Gasteiger partial charge is 0.550 e. The number of hydrogen-bond donors (Lipinski definition) is 2. The zero-order valence-electron chi connectivity index (χ0n) is 57.1. The first-order valence-corrected chi connectivity index (χ1v) is 31.7. The van der Waals surface area contributed by atoms with E-state index in [-0.39, 0.29) is 95.9 Å². The predicted octanol–water partition coefficient (Wildman–Crippen LogP) is 9.78. The van der Waals surface area contributed by atoms with E-state index in [1.54, 1.807) is 89.2 Å². The van der Waals surface area contributed by atoms with Crippen LogP contribution in [0.2, 0.25) is 0 Å². The van der Waals surface area contributed by atoms with Crippen molar-refractivity contribution < 1.29 is 110 Å². The number of hydrogen-bond acceptors (Lipinski definition) is 25. The Morgan fingerprint density at radius 1 is 0.441 bits per heavy atom. The first-order valence-electron chi connectivity index (χ1n) is 30.1. The van der Waals surface area contributed by atoms with Crippen LogP contribution >= 0.6 is 31.9 Å². The van der Waals surface area contributed by atoms with Crippen LogP contribution in [-0.2, 0) is 60.5 Å². The van der Waals surface area contributed by atoms with Crippen molar-refractivity contribution >= 4 is 143 Å². The number of nitro benzene ring substituents is 4. The number of nitrogen functional groups attached to an aromatic ring is 2. The van der Waals surface area contributed by atoms with E-state index >= 15 is 0 Å². The Balaban J connectivity index is 0.00000121. The average molecular weight is 1530 g/mol. The van der Waals surface area contributed by atoms with E-state index in [1.165, 1.54) is 106 Å². The van der Waals surface area contributed by atoms with Gasteiger partial charge in [0.05, 0.1) is 72.8 Å². The summed E-state index contributed by atoms with van der Waals surface area (Å²) in [5, 5.41) is 53.2. The first kappa shape index (κ1) is 90.9. The van der Waals surface area contributed by atoms with Gasteiger partial charge >= 0.3 is 42.7 Å². The fourth-order valence-corrected chi connectivity index (χ4v) is 8.66. The van der Waals surface area contributed by atoms with Crippen LogP contribution in [0.3, 0.4) is 0 Å². The summed E-state index contributed by atoms with van der Waals surface area (Å²) in [4.78, 5) is 139. The van der Waals surface area contributed by atoms with Crippen molar-refractivity contribution in [2.45, 2.75) is 81.1 Å². The number of aliphatic carboxylic acids is 1. The average Bonchev–Trinajstić information content (AvgIpc) is 0.854. The van der Waals surface area contributed by atoms with Crippen LogP contribution in [0.4, 0.5) is 34.1 Å². The largest absolute Gasteiger partial charge is 1.00 e. The molecule has 0 fully saturated rings. The summed E-state index contributed by atoms with van der Waals surface area (Å²) in [7, 11) is 0. The van der Waals surface area contributed by atoms with Gasteiger partial charge in [0.2, 0.25) is 0 Å². The molecule has 0 saturated heterocycles. The number of carboxylic acids is 1. The predicted molar refractivity (Wildman–Crippen MR) is 381 cm³/mol. The third-order valence-electron chi connectivity index (χ3n) is 12.5. The zero-order chi connectivity index (χ0) is 76.5. The molecule has 0 saturated carbocycles. The number of ether oxygens (including phenoxy) is 5. The molecule has 536 valence electrons. The van der Waals surface area contributed by atoms with Crippen molar-refractivity contribution in [3.63, 3.8) is 0 Å². The Morgan fingerprint density at radius 2 is 0.755 bits per heavy atom. The molecule has 0 bridgehead atoms. The Bertz CT molecular complexity index is 4100. The summed E-state index contributed by atoms with van der Waals surface area (Å²) in [6.45, 7) is 18.1. The van der Waals surface area contributed by atoms with Crippen molar-refractivity contribution in [3.8, 4) is 0 Å². The van der Waals surface area contributed by atoms with Crippen LogP contribution in [0.25, 0.3) is 24.0 Å². The molecular formula is C70H73Br2LiN6O23. The standard InChI is InChI=1S/C15H17NO5.C13H13NO5.C13H17NO3.C11H10BrNO4.C11H13NO3.C7H4BrNO3.Li/c1-4-20-11(3)13-8-6-12(10-14(13)16(18)19)7-9-15(17)21-5-2;1-3-19-13(16)7-5-10-4-6-11(9(2)15)12(8-10)14(17)18;1-3-17-13(16)7-5-10-4-6-11(9(2)15)12(14)8-10;1-2-17-11(14)6-4-8-3-5-9(12)10(7-8)13(15)16;1-7(13)9-4-2-8(6-10(9)12)3-5-11(14)15;8-6-2-1-5(4-10)3-7(6)9(11)12;/h6-10H,3-5H2,1-2H3;4-8H,3H2,1-2H3;4,6,8H,3,5,7,14H2,1-2H3;3-7H,2H2,1H3;2,4,6H,3,5,12H2,1H3,(H,14,15);1-4H;/q;;;;;;+1/p-1/b9-7+;7-5+;;6-4+;;;. The van der Waals surface area contributed by atoms with Gasteiger partial charge in [-0.05, 0) is 201 Å². The number of nitrogens with zero attached hydrogens (tertiary/aromatic N) is 4. The van der Waals surface area contributed by atoms with Gasteiger partial charge in [-0.3, -0.25) is 64.4 Å². The summed E-state index contributed by atoms with van der Waals surface area (Å²) < 4.78 is 24.9. The number of Topliss-reactive ketones (excluding diaryl/α,β-unsaturated/α-hetero) is 3. The number of ketones is 3. The molecule has 102 heavy (non-hydrogen) atoms. The minimum absolute atomic E-state index is 0. The minimum atomic E-state index is -1.09. The van der Waals surface area contributed by atoms with Crippen LogP contribution in [0.15, 0.2) is 143 Å². The van der Waals surface area contributed by atoms with Gasteiger partial charge in [0.15, 0.2) is 17.3 Å². The number of benzene rings is 6. The first-order chi connectivity index (χ1) is 47.7. The van der Waals surface area contributed by atoms with Gasteiger partial charge in [-0.1, -0.05) is 43.0 Å². The molecule has 6 rings (SSSR count). The molecule has 0 radical (unpaired) electrons. The monoisotopic (exact) mass is 1530 g/mol. The second-order valence-electron chi connectivity index (χ2n) is 19.9. The topological polar surface area (TPSA) is 447 Å². The van der Waals surface area contributed by atoms with Gasteiger partial charge in [0, 0.05) is 82.9 Å². The van der Waals surface area contributed by atoms with E-state index in [1.807, 2.05) is 6.07 Å². The van der Waals surface area contributed by atoms with Crippen molar-refractivity contribution in [1.29, 1.82) is 0 Å². The van der Waals surface area contributed by atoms with Gasteiger partial charge in [-0.2, -0.15) is 0 Å². The number of halogens is 2. The van der Waals surface area contributed by atoms with Crippen molar-refractivity contribution in [2.75, 3.05) is 44.5 Å². The number of carbonyl (C=O) groups is 9. The van der Waals surface area contributed by atoms with Crippen LogP contribution in [-0.4, -0.2) is 106 Å². The Kier molecular flexibility index (Phi) is 43.3. The number of aldehydes is 1. The quantitative estimate of drug-likeness (QED) is 0.00462. The van der Waals surface area contributed by atoms with Crippen molar-refractivity contribution in [2.24, 2.45) is 0 Å². The summed E-state index contributed by atoms with van der Waals surface area (Å²) >= 11 is 6.08. The van der Waals surface area contributed by atoms with E-state index in [0.29, 0.717) is 105 Å². The molecule has 6 aromatic rings. The summed E-state index contributed by atoms with van der Waals surface area (Å²) in [6.07, 6.45) is 9.74. The maximum Gasteiger partial charge on any atom is 1.00 e. The minimum Gasteiger partial charge on any atom is -0.550 e. The van der Waals surface area contributed by atoms with Crippen LogP contribution < -0.4 is 35.4 Å². The Hall–Kier alpha value is -11.1. The maximum atomic E-state index is 11.2. The van der Waals surface area contributed by atoms with E-state index in [4.69, 9.17) is 30.4 Å². The molecule has 0 amide bonds. The number of anilines is 2. The molecule has 0 aliphatic heterocycles. The Morgan fingerprint density at radius 3 is 1.09 bits per heavy atom. The number of nitro groups is 4. The summed E-state index contributed by atoms with van der Waals surface area (Å²) in [5.41, 5.74) is 16.6. The third-order valence-corrected chi connectivity index (χ3v) is 13.9. The molecular weight excluding hydrogens is 1460 g/mol. The van der Waals surface area contributed by atoms with Crippen molar-refractivity contribution in [3.05, 3.63) is 239 Å². The zero-order valence-corrected chi connectivity index (χ0v) is 60.3. The molecule has 0 aromatic heterocycles. The number of esters is 4. The Labute approximate surface area is 615 Å². The molecule has 0 atom stereocenters. The molecule has 6 aromatic carbocycles. The molecule has 32 heteroatoms. The van der Waals surface area contributed by atoms with Gasteiger partial charge in [0.25, 0.3) is 22.7 Å². The van der Waals surface area contributed by atoms with Crippen LogP contribution in [0, 0.1) is 40.5 Å². The molecule has 0 heterocycles. The van der Waals surface area contributed by atoms with Gasteiger partial charge in [-0.15, -0.1) is 0 Å². The van der Waals surface area contributed by atoms with Gasteiger partial charge in [-0.25, -0.2) is 14.4 Å². The number of rotatable bonds is 27. The third kappa shape index (κ3) is 34.6. The van der Waals surface area contributed by atoms with Crippen LogP contribution in [0.5, 0.6) is 0 Å². The molecule has 0 aliphatic carbocycles. The molecule has 0 aliphatic rings. The number of carbonyl (C=O) groups excluding carboxylic acids is 9. The molecule has 29 nitrogen and oxygen atoms in total. The number of carboxylic acid groups (broad SMARTS) is 1. The van der Waals surface area contributed by atoms with E-state index < -0.39 is 43.6 Å². The van der Waals surface area contributed by atoms with E-state index in [2.05, 4.69) is 43.2 Å². The molecule has 0 unspecified atom stereocenters. The fourth-order valence-electron chi connectivity index (χ4n) is 7.87. The van der Waals surface area contributed by atoms with Gasteiger partial charge < -0.3 is 45.1 Å². The number of aryl methyl sites for hydroxylation is 2. The molecule has 4 N–H and O–H groups in total. The summed E-state index contributed by atoms with van der Waals surface area (Å²) in [6, 6.07) is 27.6. The second kappa shape index (κ2) is 48.6. The summed E-state index contributed by atoms with van der Waals surface area (Å²) in [5.74, 6) is -3.11. The number of nitrogens with two attached hydrogens (primary N) is 2. The van der Waals surface area contributed by atoms with Crippen LogP contribution in [0.1, 0.15) is 143 Å². The SMILES string of the molecule is C=C(OCC)c1ccc(/C=C/C(=O)OCC)cc1[N+](=O)[O-].CC(=O)c1ccc(CCC(=O)[O-])cc1N.CCOC(=O)/C=C/c1ccc(Br)c([N+](=O)[O-])c1.CCOC(=O)/C=C/c1ccc(C(C)=O)c([N+](=O)[O-])c1.CCOC(=O)CCc1ccc(C(C)=O)c(N)c1.O=Cc1ccc(Br)c([N+](=O)[O-])c1.[Li+]. The normalized spacial score (nSPS) is 10.1. The van der Waals surface area contributed by atoms with Crippen molar-refractivity contribution in [1.82, 2.24) is 0 Å². The maximum absolute atomic E-state index is 11.2. The van der Waals surface area contributed by atoms with E-state index in [9.17, 15) is 88.7 Å².